The molecule has 0 aliphatic heterocycles. The Balaban J connectivity index is 2.19. The Morgan fingerprint density at radius 1 is 1.22 bits per heavy atom. The molecule has 1 aromatic carbocycles. The number of fused-ring (bicyclic) bond motifs is 1. The molecule has 0 aliphatic rings. The summed E-state index contributed by atoms with van der Waals surface area (Å²) in [7, 11) is 1.85. The Hall–Kier alpha value is -1.98. The summed E-state index contributed by atoms with van der Waals surface area (Å²) in [5, 5.41) is 0.911. The average Bonchev–Trinajstić information content (AvgIpc) is 2.75. The summed E-state index contributed by atoms with van der Waals surface area (Å²) in [6.45, 7) is 3.35. The molecule has 0 bridgehead atoms. The van der Waals surface area contributed by atoms with E-state index < -0.39 is 0 Å². The lowest BCUT2D eigenvalue weighted by molar-refractivity contribution is -0.116. The predicted octanol–water partition coefficient (Wildman–Crippen LogP) is 3.78. The monoisotopic (exact) mass is 348 g/mol. The van der Waals surface area contributed by atoms with Gasteiger partial charge in [0, 0.05) is 13.5 Å². The van der Waals surface area contributed by atoms with Crippen molar-refractivity contribution in [2.75, 3.05) is 0 Å². The van der Waals surface area contributed by atoms with Crippen LogP contribution in [-0.4, -0.2) is 25.3 Å². The number of imidazole rings is 1. The van der Waals surface area contributed by atoms with E-state index in [-0.39, 0.29) is 5.78 Å². The zero-order valence-electron chi connectivity index (χ0n) is 12.9. The number of carbonyl (C=O) groups excluding carboxylic acids is 1. The Bertz CT molecular complexity index is 910. The Kier molecular flexibility index (Phi) is 4.08. The van der Waals surface area contributed by atoms with Crippen LogP contribution in [0.5, 0.6) is 0 Å². The van der Waals surface area contributed by atoms with Crippen molar-refractivity contribution in [2.45, 2.75) is 20.3 Å². The molecule has 3 aromatic rings. The van der Waals surface area contributed by atoms with Crippen molar-refractivity contribution in [1.29, 1.82) is 0 Å². The maximum absolute atomic E-state index is 11.3. The van der Waals surface area contributed by atoms with E-state index in [0.717, 1.165) is 5.56 Å². The number of halogens is 2. The molecule has 7 heteroatoms. The molecule has 0 unspecified atom stereocenters. The molecule has 0 atom stereocenters. The van der Waals surface area contributed by atoms with Crippen molar-refractivity contribution in [1.82, 2.24) is 19.5 Å². The second-order valence-electron chi connectivity index (χ2n) is 5.43. The third-order valence-corrected chi connectivity index (χ3v) is 4.11. The normalized spacial score (nSPS) is 11.2. The molecule has 0 fully saturated rings. The smallest absolute Gasteiger partial charge is 0.163 e. The molecule has 118 valence electrons. The fraction of sp³-hybridized carbons (Fsp3) is 0.250. The van der Waals surface area contributed by atoms with Gasteiger partial charge in [-0.25, -0.2) is 15.0 Å². The molecule has 3 rings (SSSR count). The van der Waals surface area contributed by atoms with Crippen molar-refractivity contribution in [3.8, 4) is 11.4 Å². The van der Waals surface area contributed by atoms with Gasteiger partial charge < -0.3 is 4.57 Å². The van der Waals surface area contributed by atoms with Gasteiger partial charge in [-0.3, -0.25) is 4.79 Å². The van der Waals surface area contributed by atoms with Gasteiger partial charge in [0.25, 0.3) is 0 Å². The van der Waals surface area contributed by atoms with E-state index in [4.69, 9.17) is 23.2 Å². The number of benzene rings is 1. The number of aryl methyl sites for hydroxylation is 2. The standard InChI is InChI=1S/C16H14Cl2N4O/c1-8(23)4-10-5-11(17)14(12(18)6-10)16-21-13-7-19-9(2)20-15(13)22(16)3/h5-7H,4H2,1-3H3. The maximum Gasteiger partial charge on any atom is 0.163 e. The molecule has 0 saturated heterocycles. The third-order valence-electron chi connectivity index (χ3n) is 3.51. The van der Waals surface area contributed by atoms with E-state index in [1.54, 1.807) is 18.3 Å². The number of rotatable bonds is 3. The molecule has 2 aromatic heterocycles. The largest absolute Gasteiger partial charge is 0.312 e. The highest BCUT2D eigenvalue weighted by molar-refractivity contribution is 6.39. The van der Waals surface area contributed by atoms with Crippen LogP contribution in [0.1, 0.15) is 18.3 Å². The fourth-order valence-electron chi connectivity index (χ4n) is 2.52. The van der Waals surface area contributed by atoms with E-state index in [2.05, 4.69) is 15.0 Å². The van der Waals surface area contributed by atoms with Crippen LogP contribution in [0.4, 0.5) is 0 Å². The van der Waals surface area contributed by atoms with Crippen LogP contribution >= 0.6 is 23.2 Å². The summed E-state index contributed by atoms with van der Waals surface area (Å²) in [5.41, 5.74) is 2.80. The van der Waals surface area contributed by atoms with Crippen LogP contribution < -0.4 is 0 Å². The van der Waals surface area contributed by atoms with E-state index in [9.17, 15) is 4.79 Å². The Morgan fingerprint density at radius 3 is 2.48 bits per heavy atom. The molecule has 0 saturated carbocycles. The molecule has 2 heterocycles. The molecule has 23 heavy (non-hydrogen) atoms. The zero-order valence-corrected chi connectivity index (χ0v) is 14.4. The van der Waals surface area contributed by atoms with Gasteiger partial charge >= 0.3 is 0 Å². The lowest BCUT2D eigenvalue weighted by Gasteiger charge is -2.09. The first-order chi connectivity index (χ1) is 10.9. The molecule has 0 amide bonds. The number of nitrogens with zero attached hydrogens (tertiary/aromatic N) is 4. The Labute approximate surface area is 143 Å². The summed E-state index contributed by atoms with van der Waals surface area (Å²) in [6.07, 6.45) is 1.97. The van der Waals surface area contributed by atoms with Gasteiger partial charge in [0.15, 0.2) is 5.65 Å². The number of carbonyl (C=O) groups is 1. The van der Waals surface area contributed by atoms with Crippen LogP contribution in [0.3, 0.4) is 0 Å². The number of ketones is 1. The molecular formula is C16H14Cl2N4O. The Morgan fingerprint density at radius 2 is 1.87 bits per heavy atom. The minimum absolute atomic E-state index is 0.0540. The second-order valence-corrected chi connectivity index (χ2v) is 6.25. The van der Waals surface area contributed by atoms with Crippen LogP contribution in [0, 0.1) is 6.92 Å². The topological polar surface area (TPSA) is 60.7 Å². The highest BCUT2D eigenvalue weighted by Gasteiger charge is 2.18. The fourth-order valence-corrected chi connectivity index (χ4v) is 3.22. The summed E-state index contributed by atoms with van der Waals surface area (Å²) < 4.78 is 1.84. The summed E-state index contributed by atoms with van der Waals surface area (Å²) in [4.78, 5) is 24.4. The SMILES string of the molecule is CC(=O)Cc1cc(Cl)c(-c2nc3cnc(C)nc3n2C)c(Cl)c1. The first-order valence-electron chi connectivity index (χ1n) is 7.00. The van der Waals surface area contributed by atoms with Crippen LogP contribution in [0.2, 0.25) is 10.0 Å². The molecular weight excluding hydrogens is 335 g/mol. The number of hydrogen-bond acceptors (Lipinski definition) is 4. The highest BCUT2D eigenvalue weighted by atomic mass is 35.5. The first kappa shape index (κ1) is 15.9. The number of hydrogen-bond donors (Lipinski definition) is 0. The summed E-state index contributed by atoms with van der Waals surface area (Å²) in [5.74, 6) is 1.34. The minimum Gasteiger partial charge on any atom is -0.312 e. The predicted molar refractivity (Wildman–Crippen MR) is 90.9 cm³/mol. The minimum atomic E-state index is 0.0540. The molecule has 0 spiro atoms. The van der Waals surface area contributed by atoms with Gasteiger partial charge in [0.1, 0.15) is 22.9 Å². The van der Waals surface area contributed by atoms with Gasteiger partial charge in [-0.15, -0.1) is 0 Å². The van der Waals surface area contributed by atoms with Gasteiger partial charge in [-0.1, -0.05) is 23.2 Å². The second kappa shape index (κ2) is 5.91. The van der Waals surface area contributed by atoms with Crippen molar-refractivity contribution >= 4 is 40.1 Å². The lowest BCUT2D eigenvalue weighted by atomic mass is 10.1. The molecule has 5 nitrogen and oxygen atoms in total. The van der Waals surface area contributed by atoms with E-state index >= 15 is 0 Å². The third kappa shape index (κ3) is 2.94. The summed E-state index contributed by atoms with van der Waals surface area (Å²) >= 11 is 12.8. The average molecular weight is 349 g/mol. The van der Waals surface area contributed by atoms with Crippen molar-refractivity contribution < 1.29 is 4.79 Å². The molecule has 0 radical (unpaired) electrons. The highest BCUT2D eigenvalue weighted by Crippen LogP contribution is 2.36. The van der Waals surface area contributed by atoms with E-state index in [1.165, 1.54) is 6.92 Å². The molecule has 0 aliphatic carbocycles. The van der Waals surface area contributed by atoms with Crippen molar-refractivity contribution in [3.05, 3.63) is 39.8 Å². The number of aromatic nitrogens is 4. The van der Waals surface area contributed by atoms with Gasteiger partial charge in [-0.05, 0) is 31.5 Å². The quantitative estimate of drug-likeness (QED) is 0.722. The van der Waals surface area contributed by atoms with Crippen molar-refractivity contribution in [3.63, 3.8) is 0 Å². The van der Waals surface area contributed by atoms with Crippen LogP contribution in [-0.2, 0) is 18.3 Å². The van der Waals surface area contributed by atoms with E-state index in [0.29, 0.717) is 44.8 Å². The van der Waals surface area contributed by atoms with Gasteiger partial charge in [0.2, 0.25) is 0 Å². The molecule has 0 N–H and O–H groups in total. The lowest BCUT2D eigenvalue weighted by Crippen LogP contribution is -1.99. The zero-order chi connectivity index (χ0) is 16.7. The maximum atomic E-state index is 11.3. The van der Waals surface area contributed by atoms with Gasteiger partial charge in [0.05, 0.1) is 21.8 Å². The number of Topliss-reactive ketones (excluding diaryl/α,β-unsaturated/α-hetero) is 1. The first-order valence-corrected chi connectivity index (χ1v) is 7.76. The van der Waals surface area contributed by atoms with Crippen LogP contribution in [0.15, 0.2) is 18.3 Å². The van der Waals surface area contributed by atoms with Crippen molar-refractivity contribution in [2.24, 2.45) is 7.05 Å². The van der Waals surface area contributed by atoms with Gasteiger partial charge in [-0.2, -0.15) is 0 Å². The summed E-state index contributed by atoms with van der Waals surface area (Å²) in [6, 6.07) is 3.50. The van der Waals surface area contributed by atoms with E-state index in [1.807, 2.05) is 18.5 Å². The van der Waals surface area contributed by atoms with Crippen LogP contribution in [0.25, 0.3) is 22.6 Å².